The molecule has 0 aromatic carbocycles. The van der Waals surface area contributed by atoms with Gasteiger partial charge in [-0.3, -0.25) is 0 Å². The maximum Gasteiger partial charge on any atom is 0.115 e. The highest BCUT2D eigenvalue weighted by molar-refractivity contribution is 4.97. The van der Waals surface area contributed by atoms with Crippen LogP contribution >= 0.6 is 0 Å². The van der Waals surface area contributed by atoms with Gasteiger partial charge in [0.05, 0.1) is 13.2 Å². The Hall–Kier alpha value is -0.360. The molecule has 8 N–H and O–H groups in total. The van der Waals surface area contributed by atoms with E-state index >= 15 is 0 Å². The molecule has 9 nitrogen and oxygen atoms in total. The molecule has 8 atom stereocenters. The van der Waals surface area contributed by atoms with Gasteiger partial charge in [-0.25, -0.2) is 0 Å². The van der Waals surface area contributed by atoms with Gasteiger partial charge >= 0.3 is 0 Å². The zero-order valence-corrected chi connectivity index (χ0v) is 10.0. The topological polar surface area (TPSA) is 171 Å². The Kier molecular flexibility index (Phi) is 6.05. The van der Waals surface area contributed by atoms with Crippen molar-refractivity contribution in [1.82, 2.24) is 0 Å². The van der Waals surface area contributed by atoms with E-state index in [1.165, 1.54) is 0 Å². The number of hydrogen-bond acceptors (Lipinski definition) is 9. The molecule has 0 spiro atoms. The largest absolute Gasteiger partial charge is 0.394 e. The highest BCUT2D eigenvalue weighted by atomic mass is 16.6. The van der Waals surface area contributed by atoms with Crippen LogP contribution in [0.3, 0.4) is 0 Å². The third kappa shape index (κ3) is 3.40. The van der Waals surface area contributed by atoms with Gasteiger partial charge < -0.3 is 45.6 Å². The molecule has 9 heteroatoms. The second-order valence-corrected chi connectivity index (χ2v) is 4.52. The predicted octanol–water partition coefficient (Wildman–Crippen LogP) is -5.10. The number of aliphatic hydroxyl groups excluding tert-OH is 8. The van der Waals surface area contributed by atoms with Crippen LogP contribution in [0.25, 0.3) is 0 Å². The molecule has 2 unspecified atom stereocenters. The minimum Gasteiger partial charge on any atom is -0.394 e. The van der Waals surface area contributed by atoms with E-state index in [0.717, 1.165) is 0 Å². The van der Waals surface area contributed by atoms with Crippen LogP contribution < -0.4 is 0 Å². The molecule has 0 amide bonds. The van der Waals surface area contributed by atoms with Crippen molar-refractivity contribution in [2.24, 2.45) is 0 Å². The Balaban J connectivity index is 2.69. The summed E-state index contributed by atoms with van der Waals surface area (Å²) in [5, 5.41) is 74.5. The van der Waals surface area contributed by atoms with E-state index in [4.69, 9.17) is 20.1 Å². The summed E-state index contributed by atoms with van der Waals surface area (Å²) >= 11 is 0. The van der Waals surface area contributed by atoms with Crippen molar-refractivity contribution >= 4 is 0 Å². The summed E-state index contributed by atoms with van der Waals surface area (Å²) in [6, 6.07) is 0. The molecule has 0 radical (unpaired) electrons. The van der Waals surface area contributed by atoms with Crippen molar-refractivity contribution in [2.75, 3.05) is 13.2 Å². The molecule has 0 aromatic heterocycles. The first-order chi connectivity index (χ1) is 8.84. The van der Waals surface area contributed by atoms with Gasteiger partial charge in [0.25, 0.3) is 0 Å². The summed E-state index contributed by atoms with van der Waals surface area (Å²) in [6.07, 6.45) is -12.9. The molecule has 0 bridgehead atoms. The minimum atomic E-state index is -1.91. The first kappa shape index (κ1) is 16.7. The van der Waals surface area contributed by atoms with Crippen molar-refractivity contribution in [3.05, 3.63) is 0 Å². The Morgan fingerprint density at radius 3 is 1.89 bits per heavy atom. The van der Waals surface area contributed by atoms with Crippen LogP contribution in [0.15, 0.2) is 0 Å². The van der Waals surface area contributed by atoms with Crippen LogP contribution in [0.5, 0.6) is 0 Å². The third-order valence-electron chi connectivity index (χ3n) is 3.20. The second-order valence-electron chi connectivity index (χ2n) is 4.52. The van der Waals surface area contributed by atoms with Gasteiger partial charge in [0.1, 0.15) is 48.8 Å². The maximum atomic E-state index is 9.75. The Morgan fingerprint density at radius 1 is 0.895 bits per heavy atom. The number of aliphatic hydroxyl groups is 8. The SMILES string of the molecule is OC[C@@H](O)[C@@H](O)[C@@H](O)C(O)C1O[C@H](CO)[C@@H](O)[C@H]1O. The molecule has 1 rings (SSSR count). The van der Waals surface area contributed by atoms with Gasteiger partial charge in [0.2, 0.25) is 0 Å². The van der Waals surface area contributed by atoms with Crippen LogP contribution in [0.1, 0.15) is 0 Å². The van der Waals surface area contributed by atoms with Crippen molar-refractivity contribution in [3.8, 4) is 0 Å². The van der Waals surface area contributed by atoms with E-state index in [0.29, 0.717) is 0 Å². The fraction of sp³-hybridized carbons (Fsp3) is 1.00. The predicted molar refractivity (Wildman–Crippen MR) is 58.9 cm³/mol. The second kappa shape index (κ2) is 6.88. The summed E-state index contributed by atoms with van der Waals surface area (Å²) in [6.45, 7) is -1.43. The van der Waals surface area contributed by atoms with Crippen LogP contribution in [0.4, 0.5) is 0 Å². The lowest BCUT2D eigenvalue weighted by Gasteiger charge is -2.30. The molecule has 19 heavy (non-hydrogen) atoms. The molecule has 0 saturated carbocycles. The van der Waals surface area contributed by atoms with Gasteiger partial charge in [0, 0.05) is 0 Å². The molecular weight excluding hydrogens is 264 g/mol. The summed E-state index contributed by atoms with van der Waals surface area (Å²) in [7, 11) is 0. The van der Waals surface area contributed by atoms with E-state index in [1.807, 2.05) is 0 Å². The Bertz CT molecular complexity index is 276. The molecule has 0 aliphatic carbocycles. The molecule has 1 fully saturated rings. The summed E-state index contributed by atoms with van der Waals surface area (Å²) in [5.74, 6) is 0. The van der Waals surface area contributed by atoms with E-state index in [9.17, 15) is 25.5 Å². The molecule has 1 aliphatic heterocycles. The van der Waals surface area contributed by atoms with Crippen molar-refractivity contribution in [2.45, 2.75) is 48.8 Å². The third-order valence-corrected chi connectivity index (χ3v) is 3.20. The fourth-order valence-corrected chi connectivity index (χ4v) is 1.94. The summed E-state index contributed by atoms with van der Waals surface area (Å²) in [5.41, 5.74) is 0. The Morgan fingerprint density at radius 2 is 1.47 bits per heavy atom. The molecular formula is C10H20O9. The molecule has 0 aromatic rings. The van der Waals surface area contributed by atoms with Gasteiger partial charge in [-0.05, 0) is 0 Å². The van der Waals surface area contributed by atoms with E-state index in [-0.39, 0.29) is 0 Å². The number of rotatable bonds is 6. The van der Waals surface area contributed by atoms with E-state index in [1.54, 1.807) is 0 Å². The van der Waals surface area contributed by atoms with Crippen LogP contribution in [0.2, 0.25) is 0 Å². The van der Waals surface area contributed by atoms with Crippen LogP contribution in [-0.2, 0) is 4.74 Å². The zero-order chi connectivity index (χ0) is 14.7. The molecule has 1 heterocycles. The number of hydrogen-bond donors (Lipinski definition) is 8. The standard InChI is InChI=1S/C10H20O9/c11-1-3(13)5(14)7(16)9(18)10-8(17)6(15)4(2-12)19-10/h3-18H,1-2H2/t3-,4-,5-,6-,7-,8-,9?,10?/m1/s1. The highest BCUT2D eigenvalue weighted by Gasteiger charge is 2.48. The summed E-state index contributed by atoms with van der Waals surface area (Å²) in [4.78, 5) is 0. The number of ether oxygens (including phenoxy) is 1. The molecule has 1 aliphatic rings. The first-order valence-corrected chi connectivity index (χ1v) is 5.80. The zero-order valence-electron chi connectivity index (χ0n) is 10.0. The molecule has 114 valence electrons. The smallest absolute Gasteiger partial charge is 0.115 e. The fourth-order valence-electron chi connectivity index (χ4n) is 1.94. The van der Waals surface area contributed by atoms with Gasteiger partial charge in [0.15, 0.2) is 0 Å². The van der Waals surface area contributed by atoms with Gasteiger partial charge in [-0.1, -0.05) is 0 Å². The van der Waals surface area contributed by atoms with Crippen LogP contribution in [-0.4, -0.2) is 103 Å². The van der Waals surface area contributed by atoms with E-state index < -0.39 is 62.0 Å². The van der Waals surface area contributed by atoms with Gasteiger partial charge in [-0.2, -0.15) is 0 Å². The van der Waals surface area contributed by atoms with Crippen molar-refractivity contribution < 1.29 is 45.6 Å². The first-order valence-electron chi connectivity index (χ1n) is 5.80. The minimum absolute atomic E-state index is 0.598. The summed E-state index contributed by atoms with van der Waals surface area (Å²) < 4.78 is 4.97. The average molecular weight is 284 g/mol. The Labute approximate surface area is 108 Å². The van der Waals surface area contributed by atoms with Crippen LogP contribution in [0, 0.1) is 0 Å². The highest BCUT2D eigenvalue weighted by Crippen LogP contribution is 2.25. The molecule has 1 saturated heterocycles. The van der Waals surface area contributed by atoms with Crippen molar-refractivity contribution in [3.63, 3.8) is 0 Å². The lowest BCUT2D eigenvalue weighted by atomic mass is 9.95. The lowest BCUT2D eigenvalue weighted by molar-refractivity contribution is -0.160. The average Bonchev–Trinajstić information content (AvgIpc) is 2.71. The quantitative estimate of drug-likeness (QED) is 0.237. The van der Waals surface area contributed by atoms with Crippen molar-refractivity contribution in [1.29, 1.82) is 0 Å². The van der Waals surface area contributed by atoms with Gasteiger partial charge in [-0.15, -0.1) is 0 Å². The maximum absolute atomic E-state index is 9.75. The monoisotopic (exact) mass is 284 g/mol. The normalized spacial score (nSPS) is 37.9. The lowest BCUT2D eigenvalue weighted by Crippen LogP contribution is -2.52. The van der Waals surface area contributed by atoms with E-state index in [2.05, 4.69) is 0 Å².